The van der Waals surface area contributed by atoms with Gasteiger partial charge >= 0.3 is 6.18 Å². The Labute approximate surface area is 124 Å². The number of rotatable bonds is 4. The van der Waals surface area contributed by atoms with Crippen LogP contribution >= 0.6 is 11.6 Å². The third-order valence-corrected chi connectivity index (χ3v) is 3.05. The Morgan fingerprint density at radius 1 is 0.952 bits per heavy atom. The topological polar surface area (TPSA) is 12.0 Å². The quantitative estimate of drug-likeness (QED) is 0.800. The maximum absolute atomic E-state index is 13.1. The molecule has 0 aliphatic heterocycles. The lowest BCUT2D eigenvalue weighted by molar-refractivity contribution is -0.137. The van der Waals surface area contributed by atoms with Crippen molar-refractivity contribution in [3.63, 3.8) is 0 Å². The molecule has 2 aromatic carbocycles. The first-order chi connectivity index (χ1) is 9.84. The van der Waals surface area contributed by atoms with Gasteiger partial charge in [0, 0.05) is 18.1 Å². The molecule has 2 aromatic rings. The molecular weight excluding hydrogens is 306 g/mol. The summed E-state index contributed by atoms with van der Waals surface area (Å²) < 4.78 is 50.8. The second kappa shape index (κ2) is 6.45. The fraction of sp³-hybridized carbons (Fsp3) is 0.200. The van der Waals surface area contributed by atoms with E-state index < -0.39 is 17.6 Å². The van der Waals surface area contributed by atoms with Crippen LogP contribution in [0.25, 0.3) is 0 Å². The monoisotopic (exact) mass is 317 g/mol. The molecule has 0 aromatic heterocycles. The molecule has 0 saturated carbocycles. The van der Waals surface area contributed by atoms with E-state index in [0.717, 1.165) is 12.1 Å². The molecule has 21 heavy (non-hydrogen) atoms. The van der Waals surface area contributed by atoms with Crippen molar-refractivity contribution in [3.05, 3.63) is 70.0 Å². The standard InChI is InChI=1S/C15H12ClF4N/c16-13-5-11(6-14(17)7-13)9-21-8-10-2-1-3-12(4-10)15(18,19)20/h1-7,21H,8-9H2. The maximum atomic E-state index is 13.1. The van der Waals surface area contributed by atoms with E-state index >= 15 is 0 Å². The van der Waals surface area contributed by atoms with E-state index in [1.165, 1.54) is 18.2 Å². The molecule has 0 bridgehead atoms. The number of hydrogen-bond acceptors (Lipinski definition) is 1. The maximum Gasteiger partial charge on any atom is 0.416 e. The summed E-state index contributed by atoms with van der Waals surface area (Å²) in [5.41, 5.74) is 0.454. The van der Waals surface area contributed by atoms with Gasteiger partial charge < -0.3 is 5.32 Å². The second-order valence-electron chi connectivity index (χ2n) is 4.58. The molecule has 6 heteroatoms. The molecule has 0 atom stereocenters. The van der Waals surface area contributed by atoms with Crippen molar-refractivity contribution in [1.29, 1.82) is 0 Å². The van der Waals surface area contributed by atoms with Crippen molar-refractivity contribution in [2.24, 2.45) is 0 Å². The summed E-state index contributed by atoms with van der Waals surface area (Å²) in [4.78, 5) is 0. The van der Waals surface area contributed by atoms with Crippen molar-refractivity contribution >= 4 is 11.6 Å². The van der Waals surface area contributed by atoms with Crippen molar-refractivity contribution in [2.45, 2.75) is 19.3 Å². The molecule has 0 radical (unpaired) electrons. The first kappa shape index (κ1) is 15.8. The van der Waals surface area contributed by atoms with E-state index in [1.807, 2.05) is 0 Å². The third-order valence-electron chi connectivity index (χ3n) is 2.83. The van der Waals surface area contributed by atoms with Gasteiger partial charge in [0.15, 0.2) is 0 Å². The zero-order chi connectivity index (χ0) is 15.5. The number of hydrogen-bond donors (Lipinski definition) is 1. The number of alkyl halides is 3. The van der Waals surface area contributed by atoms with Gasteiger partial charge in [0.2, 0.25) is 0 Å². The van der Waals surface area contributed by atoms with Crippen LogP contribution in [0, 0.1) is 5.82 Å². The van der Waals surface area contributed by atoms with Crippen LogP contribution in [0.4, 0.5) is 17.6 Å². The highest BCUT2D eigenvalue weighted by Crippen LogP contribution is 2.29. The molecule has 0 unspecified atom stereocenters. The summed E-state index contributed by atoms with van der Waals surface area (Å²) in [6.07, 6.45) is -4.36. The van der Waals surface area contributed by atoms with Crippen molar-refractivity contribution < 1.29 is 17.6 Å². The van der Waals surface area contributed by atoms with Gasteiger partial charge in [-0.1, -0.05) is 29.8 Å². The van der Waals surface area contributed by atoms with Gasteiger partial charge in [0.05, 0.1) is 5.56 Å². The van der Waals surface area contributed by atoms with Gasteiger partial charge in [-0.25, -0.2) is 4.39 Å². The van der Waals surface area contributed by atoms with E-state index in [2.05, 4.69) is 5.32 Å². The molecule has 0 aliphatic rings. The molecule has 0 aliphatic carbocycles. The normalized spacial score (nSPS) is 11.7. The Kier molecular flexibility index (Phi) is 4.85. The Morgan fingerprint density at radius 2 is 1.67 bits per heavy atom. The molecule has 1 N–H and O–H groups in total. The van der Waals surface area contributed by atoms with E-state index in [9.17, 15) is 17.6 Å². The van der Waals surface area contributed by atoms with E-state index in [4.69, 9.17) is 11.6 Å². The van der Waals surface area contributed by atoms with Crippen molar-refractivity contribution in [1.82, 2.24) is 5.32 Å². The van der Waals surface area contributed by atoms with Crippen LogP contribution in [0.15, 0.2) is 42.5 Å². The van der Waals surface area contributed by atoms with Gasteiger partial charge in [-0.15, -0.1) is 0 Å². The molecule has 2 rings (SSSR count). The average molecular weight is 318 g/mol. The molecule has 0 amide bonds. The van der Waals surface area contributed by atoms with Crippen LogP contribution in [-0.4, -0.2) is 0 Å². The highest BCUT2D eigenvalue weighted by molar-refractivity contribution is 6.30. The first-order valence-electron chi connectivity index (χ1n) is 6.16. The van der Waals surface area contributed by atoms with Gasteiger partial charge in [0.25, 0.3) is 0 Å². The van der Waals surface area contributed by atoms with Crippen LogP contribution < -0.4 is 5.32 Å². The van der Waals surface area contributed by atoms with Crippen LogP contribution in [0.5, 0.6) is 0 Å². The lowest BCUT2D eigenvalue weighted by Gasteiger charge is -2.10. The van der Waals surface area contributed by atoms with Gasteiger partial charge in [-0.3, -0.25) is 0 Å². The summed E-state index contributed by atoms with van der Waals surface area (Å²) in [7, 11) is 0. The van der Waals surface area contributed by atoms with E-state index in [1.54, 1.807) is 12.1 Å². The number of halogens is 5. The summed E-state index contributed by atoms with van der Waals surface area (Å²) in [6, 6.07) is 9.19. The highest BCUT2D eigenvalue weighted by atomic mass is 35.5. The lowest BCUT2D eigenvalue weighted by Crippen LogP contribution is -2.14. The van der Waals surface area contributed by atoms with Gasteiger partial charge in [-0.05, 0) is 35.4 Å². The first-order valence-corrected chi connectivity index (χ1v) is 6.54. The zero-order valence-electron chi connectivity index (χ0n) is 10.8. The molecule has 0 fully saturated rings. The average Bonchev–Trinajstić information content (AvgIpc) is 2.37. The van der Waals surface area contributed by atoms with Gasteiger partial charge in [0.1, 0.15) is 5.82 Å². The van der Waals surface area contributed by atoms with Gasteiger partial charge in [-0.2, -0.15) is 13.2 Å². The number of nitrogens with one attached hydrogen (secondary N) is 1. The molecule has 0 heterocycles. The Balaban J connectivity index is 1.97. The second-order valence-corrected chi connectivity index (χ2v) is 5.02. The molecule has 0 spiro atoms. The van der Waals surface area contributed by atoms with Crippen LogP contribution in [-0.2, 0) is 19.3 Å². The Bertz CT molecular complexity index is 605. The third kappa shape index (κ3) is 4.72. The van der Waals surface area contributed by atoms with Crippen LogP contribution in [0.2, 0.25) is 5.02 Å². The lowest BCUT2D eigenvalue weighted by atomic mass is 10.1. The Morgan fingerprint density at radius 3 is 2.33 bits per heavy atom. The minimum atomic E-state index is -4.36. The molecular formula is C15H12ClF4N. The largest absolute Gasteiger partial charge is 0.416 e. The minimum absolute atomic E-state index is 0.248. The van der Waals surface area contributed by atoms with E-state index in [-0.39, 0.29) is 11.6 Å². The summed E-state index contributed by atoms with van der Waals surface area (Å²) in [5, 5.41) is 3.24. The van der Waals surface area contributed by atoms with Crippen LogP contribution in [0.3, 0.4) is 0 Å². The summed E-state index contributed by atoms with van der Waals surface area (Å²) in [6.45, 7) is 0.561. The van der Waals surface area contributed by atoms with Crippen molar-refractivity contribution in [2.75, 3.05) is 0 Å². The smallest absolute Gasteiger partial charge is 0.309 e. The fourth-order valence-corrected chi connectivity index (χ4v) is 2.17. The van der Waals surface area contributed by atoms with Crippen LogP contribution in [0.1, 0.15) is 16.7 Å². The highest BCUT2D eigenvalue weighted by Gasteiger charge is 2.30. The minimum Gasteiger partial charge on any atom is -0.309 e. The fourth-order valence-electron chi connectivity index (χ4n) is 1.92. The summed E-state index contributed by atoms with van der Waals surface area (Å²) in [5.74, 6) is -0.446. The zero-order valence-corrected chi connectivity index (χ0v) is 11.6. The van der Waals surface area contributed by atoms with Crippen molar-refractivity contribution in [3.8, 4) is 0 Å². The number of benzene rings is 2. The SMILES string of the molecule is Fc1cc(Cl)cc(CNCc2cccc(C(F)(F)F)c2)c1. The molecule has 112 valence electrons. The summed E-state index contributed by atoms with van der Waals surface area (Å²) >= 11 is 5.72. The van der Waals surface area contributed by atoms with E-state index in [0.29, 0.717) is 17.7 Å². The Hall–Kier alpha value is -1.59. The predicted molar refractivity (Wildman–Crippen MR) is 73.4 cm³/mol. The molecule has 1 nitrogen and oxygen atoms in total. The predicted octanol–water partition coefficient (Wildman–Crippen LogP) is 4.79. The molecule has 0 saturated heterocycles.